The van der Waals surface area contributed by atoms with E-state index in [0.29, 0.717) is 13.0 Å². The molecule has 0 heterocycles. The number of carbonyl (C=O) groups is 2. The van der Waals surface area contributed by atoms with Crippen LogP contribution in [0.25, 0.3) is 0 Å². The number of hydrogen-bond acceptors (Lipinski definition) is 3. The van der Waals surface area contributed by atoms with Crippen LogP contribution in [0.4, 0.5) is 0 Å². The molecular weight excluding hydrogens is 192 g/mol. The van der Waals surface area contributed by atoms with E-state index in [0.717, 1.165) is 11.1 Å². The quantitative estimate of drug-likeness (QED) is 0.510. The van der Waals surface area contributed by atoms with Gasteiger partial charge in [0.25, 0.3) is 0 Å². The Bertz CT molecular complexity index is 354. The van der Waals surface area contributed by atoms with E-state index in [2.05, 4.69) is 0 Å². The van der Waals surface area contributed by atoms with Crippen LogP contribution in [-0.2, 0) is 14.3 Å². The number of carbonyl (C=O) groups excluding carboxylic acids is 2. The predicted octanol–water partition coefficient (Wildman–Crippen LogP) is 1.52. The Morgan fingerprint density at radius 3 is 2.47 bits per heavy atom. The largest absolute Gasteiger partial charge is 0.377 e. The van der Waals surface area contributed by atoms with Crippen LogP contribution in [0.2, 0.25) is 0 Å². The van der Waals surface area contributed by atoms with Gasteiger partial charge in [-0.3, -0.25) is 9.59 Å². The molecule has 0 unspecified atom stereocenters. The maximum absolute atomic E-state index is 11.8. The molecule has 0 aliphatic heterocycles. The lowest BCUT2D eigenvalue weighted by molar-refractivity contribution is -0.149. The highest BCUT2D eigenvalue weighted by Crippen LogP contribution is 2.42. The monoisotopic (exact) mass is 208 g/mol. The molecule has 0 spiro atoms. The van der Waals surface area contributed by atoms with Crippen molar-refractivity contribution in [2.45, 2.75) is 33.3 Å². The van der Waals surface area contributed by atoms with E-state index in [1.54, 1.807) is 0 Å². The molecule has 15 heavy (non-hydrogen) atoms. The van der Waals surface area contributed by atoms with Crippen molar-refractivity contribution in [3.63, 3.8) is 0 Å². The van der Waals surface area contributed by atoms with E-state index < -0.39 is 0 Å². The van der Waals surface area contributed by atoms with Crippen LogP contribution >= 0.6 is 0 Å². The normalized spacial score (nSPS) is 35.3. The van der Waals surface area contributed by atoms with Gasteiger partial charge >= 0.3 is 0 Å². The van der Waals surface area contributed by atoms with Gasteiger partial charge in [-0.2, -0.15) is 0 Å². The Hall–Kier alpha value is -0.960. The number of ketones is 2. The fourth-order valence-corrected chi connectivity index (χ4v) is 2.72. The van der Waals surface area contributed by atoms with Gasteiger partial charge in [-0.1, -0.05) is 11.1 Å². The van der Waals surface area contributed by atoms with E-state index in [9.17, 15) is 9.59 Å². The standard InChI is InChI=1S/C12H16O3/c1-4-15-9-5-8-6(2)7(3)10(9)12(14)11(8)13/h8-10H,4-5H2,1-3H3/t8-,9+,10-/m0/s1. The Balaban J connectivity index is 2.39. The van der Waals surface area contributed by atoms with E-state index in [4.69, 9.17) is 4.74 Å². The third-order valence-corrected chi connectivity index (χ3v) is 3.67. The lowest BCUT2D eigenvalue weighted by atomic mass is 9.65. The minimum atomic E-state index is -0.303. The van der Waals surface area contributed by atoms with Crippen LogP contribution in [0.15, 0.2) is 11.1 Å². The fraction of sp³-hybridized carbons (Fsp3) is 0.667. The second kappa shape index (κ2) is 3.56. The van der Waals surface area contributed by atoms with Crippen LogP contribution in [0.1, 0.15) is 27.2 Å². The zero-order valence-corrected chi connectivity index (χ0v) is 9.37. The number of hydrogen-bond donors (Lipinski definition) is 0. The molecular formula is C12H16O3. The molecule has 2 bridgehead atoms. The summed E-state index contributed by atoms with van der Waals surface area (Å²) in [6, 6.07) is 0. The Morgan fingerprint density at radius 2 is 1.87 bits per heavy atom. The Labute approximate surface area is 89.5 Å². The summed E-state index contributed by atoms with van der Waals surface area (Å²) in [5, 5.41) is 0. The average molecular weight is 208 g/mol. The minimum absolute atomic E-state index is 0.0751. The minimum Gasteiger partial charge on any atom is -0.377 e. The number of rotatable bonds is 2. The molecule has 3 rings (SSSR count). The molecule has 0 amide bonds. The fourth-order valence-electron chi connectivity index (χ4n) is 2.72. The molecule has 0 aromatic rings. The van der Waals surface area contributed by atoms with Gasteiger partial charge < -0.3 is 4.74 Å². The third-order valence-electron chi connectivity index (χ3n) is 3.67. The summed E-state index contributed by atoms with van der Waals surface area (Å²) in [6.07, 6.45) is 0.612. The van der Waals surface area contributed by atoms with Gasteiger partial charge in [0.15, 0.2) is 0 Å². The van der Waals surface area contributed by atoms with Crippen molar-refractivity contribution in [3.05, 3.63) is 11.1 Å². The summed E-state index contributed by atoms with van der Waals surface area (Å²) < 4.78 is 5.55. The maximum atomic E-state index is 11.8. The van der Waals surface area contributed by atoms with E-state index in [1.165, 1.54) is 0 Å². The zero-order chi connectivity index (χ0) is 11.2. The molecule has 82 valence electrons. The summed E-state index contributed by atoms with van der Waals surface area (Å²) in [5.74, 6) is -0.964. The maximum Gasteiger partial charge on any atom is 0.208 e. The summed E-state index contributed by atoms with van der Waals surface area (Å²) in [7, 11) is 0. The van der Waals surface area contributed by atoms with Crippen molar-refractivity contribution in [2.24, 2.45) is 11.8 Å². The second-order valence-electron chi connectivity index (χ2n) is 4.35. The zero-order valence-electron chi connectivity index (χ0n) is 9.37. The number of Topliss-reactive ketones (excluding diaryl/α,β-unsaturated/α-hetero) is 2. The summed E-state index contributed by atoms with van der Waals surface area (Å²) in [4.78, 5) is 23.4. The van der Waals surface area contributed by atoms with Crippen LogP contribution in [0, 0.1) is 11.8 Å². The summed E-state index contributed by atoms with van der Waals surface area (Å²) in [6.45, 7) is 6.42. The van der Waals surface area contributed by atoms with Gasteiger partial charge in [-0.15, -0.1) is 0 Å². The molecule has 0 N–H and O–H groups in total. The highest BCUT2D eigenvalue weighted by molar-refractivity contribution is 6.41. The molecule has 3 aliphatic carbocycles. The van der Waals surface area contributed by atoms with Crippen molar-refractivity contribution in [3.8, 4) is 0 Å². The SMILES string of the molecule is CCO[C@@H]1C[C@@H]2C(=O)C(=O)[C@H]1C(C)=C2C. The van der Waals surface area contributed by atoms with Gasteiger partial charge in [0.05, 0.1) is 12.0 Å². The number of fused-ring (bicyclic) bond motifs is 2. The van der Waals surface area contributed by atoms with Crippen molar-refractivity contribution >= 4 is 11.6 Å². The molecule has 1 saturated carbocycles. The lowest BCUT2D eigenvalue weighted by Gasteiger charge is -2.41. The molecule has 0 saturated heterocycles. The van der Waals surface area contributed by atoms with Crippen LogP contribution in [0.3, 0.4) is 0 Å². The molecule has 3 aliphatic rings. The topological polar surface area (TPSA) is 43.4 Å². The van der Waals surface area contributed by atoms with E-state index >= 15 is 0 Å². The first-order valence-corrected chi connectivity index (χ1v) is 5.44. The molecule has 3 heteroatoms. The predicted molar refractivity (Wildman–Crippen MR) is 55.4 cm³/mol. The first-order chi connectivity index (χ1) is 7.07. The van der Waals surface area contributed by atoms with Crippen molar-refractivity contribution in [1.29, 1.82) is 0 Å². The second-order valence-corrected chi connectivity index (χ2v) is 4.35. The van der Waals surface area contributed by atoms with Gasteiger partial charge in [0.2, 0.25) is 11.6 Å². The third kappa shape index (κ3) is 1.37. The van der Waals surface area contributed by atoms with Gasteiger partial charge in [-0.25, -0.2) is 0 Å². The molecule has 1 fully saturated rings. The molecule has 0 aromatic carbocycles. The first kappa shape index (κ1) is 10.6. The number of ether oxygens (including phenoxy) is 1. The highest BCUT2D eigenvalue weighted by atomic mass is 16.5. The van der Waals surface area contributed by atoms with Crippen molar-refractivity contribution < 1.29 is 14.3 Å². The van der Waals surface area contributed by atoms with Crippen molar-refractivity contribution in [1.82, 2.24) is 0 Å². The first-order valence-electron chi connectivity index (χ1n) is 5.44. The Kier molecular flexibility index (Phi) is 2.51. The average Bonchev–Trinajstić information content (AvgIpc) is 2.20. The molecule has 0 radical (unpaired) electrons. The molecule has 3 atom stereocenters. The van der Waals surface area contributed by atoms with Gasteiger partial charge in [0, 0.05) is 12.5 Å². The molecule has 0 aromatic heterocycles. The van der Waals surface area contributed by atoms with Gasteiger partial charge in [0.1, 0.15) is 0 Å². The van der Waals surface area contributed by atoms with Crippen LogP contribution in [0.5, 0.6) is 0 Å². The van der Waals surface area contributed by atoms with E-state index in [-0.39, 0.29) is 29.5 Å². The summed E-state index contributed by atoms with van der Waals surface area (Å²) in [5.41, 5.74) is 2.13. The van der Waals surface area contributed by atoms with Crippen LogP contribution < -0.4 is 0 Å². The number of allylic oxidation sites excluding steroid dienone is 1. The smallest absolute Gasteiger partial charge is 0.208 e. The molecule has 3 nitrogen and oxygen atoms in total. The summed E-state index contributed by atoms with van der Waals surface area (Å²) >= 11 is 0. The van der Waals surface area contributed by atoms with Crippen LogP contribution in [-0.4, -0.2) is 24.3 Å². The van der Waals surface area contributed by atoms with Gasteiger partial charge in [-0.05, 0) is 27.2 Å². The van der Waals surface area contributed by atoms with Crippen molar-refractivity contribution in [2.75, 3.05) is 6.61 Å². The highest BCUT2D eigenvalue weighted by Gasteiger charge is 2.49. The van der Waals surface area contributed by atoms with E-state index in [1.807, 2.05) is 20.8 Å². The Morgan fingerprint density at radius 1 is 1.20 bits per heavy atom. The lowest BCUT2D eigenvalue weighted by Crippen LogP contribution is -2.50.